The first-order chi connectivity index (χ1) is 8.99. The van der Waals surface area contributed by atoms with Crippen molar-refractivity contribution < 1.29 is 9.66 Å². The summed E-state index contributed by atoms with van der Waals surface area (Å²) in [4.78, 5) is 18.3. The first-order valence-corrected chi connectivity index (χ1v) is 5.84. The van der Waals surface area contributed by atoms with Crippen LogP contribution in [0.3, 0.4) is 0 Å². The Kier molecular flexibility index (Phi) is 5.39. The number of aryl methyl sites for hydroxylation is 1. The van der Waals surface area contributed by atoms with E-state index < -0.39 is 4.92 Å². The van der Waals surface area contributed by atoms with Gasteiger partial charge in [0.2, 0.25) is 11.8 Å². The Morgan fingerprint density at radius 2 is 2.21 bits per heavy atom. The minimum absolute atomic E-state index is 0.0887. The van der Waals surface area contributed by atoms with Gasteiger partial charge in [0.15, 0.2) is 0 Å². The predicted octanol–water partition coefficient (Wildman–Crippen LogP) is 0.816. The van der Waals surface area contributed by atoms with E-state index in [0.717, 1.165) is 0 Å². The van der Waals surface area contributed by atoms with Gasteiger partial charge in [-0.05, 0) is 20.8 Å². The van der Waals surface area contributed by atoms with Crippen LogP contribution in [0.15, 0.2) is 0 Å². The van der Waals surface area contributed by atoms with E-state index in [4.69, 9.17) is 10.6 Å². The number of aromatic nitrogens is 2. The summed E-state index contributed by atoms with van der Waals surface area (Å²) >= 11 is 0. The van der Waals surface area contributed by atoms with E-state index in [-0.39, 0.29) is 29.3 Å². The highest BCUT2D eigenvalue weighted by atomic mass is 16.6. The third kappa shape index (κ3) is 4.00. The topological polar surface area (TPSA) is 128 Å². The van der Waals surface area contributed by atoms with Crippen molar-refractivity contribution in [3.8, 4) is 0 Å². The molecule has 0 aliphatic carbocycles. The molecule has 1 aromatic rings. The number of nitrogens with two attached hydrogens (primary N) is 1. The van der Waals surface area contributed by atoms with E-state index in [9.17, 15) is 10.1 Å². The SMILES string of the molecule is CCOC(C)CNc1nc(NN)nc(C)c1[N+](=O)[O-]. The minimum atomic E-state index is -0.524. The first-order valence-electron chi connectivity index (χ1n) is 5.84. The van der Waals surface area contributed by atoms with Gasteiger partial charge >= 0.3 is 5.69 Å². The molecule has 0 fully saturated rings. The van der Waals surface area contributed by atoms with Crippen LogP contribution in [0.1, 0.15) is 19.5 Å². The summed E-state index contributed by atoms with van der Waals surface area (Å²) in [6.45, 7) is 6.24. The number of nitrogens with zero attached hydrogens (tertiary/aromatic N) is 3. The molecule has 1 atom stereocenters. The Bertz CT molecular complexity index is 453. The highest BCUT2D eigenvalue weighted by Crippen LogP contribution is 2.26. The molecule has 9 heteroatoms. The van der Waals surface area contributed by atoms with Crippen LogP contribution in [-0.2, 0) is 4.74 Å². The second-order valence-electron chi connectivity index (χ2n) is 3.88. The lowest BCUT2D eigenvalue weighted by Gasteiger charge is -2.14. The summed E-state index contributed by atoms with van der Waals surface area (Å²) in [7, 11) is 0. The summed E-state index contributed by atoms with van der Waals surface area (Å²) in [5.74, 6) is 5.46. The second kappa shape index (κ2) is 6.81. The molecule has 1 unspecified atom stereocenters. The lowest BCUT2D eigenvalue weighted by molar-refractivity contribution is -0.385. The van der Waals surface area contributed by atoms with Gasteiger partial charge in [0.05, 0.1) is 11.0 Å². The fraction of sp³-hybridized carbons (Fsp3) is 0.600. The van der Waals surface area contributed by atoms with Gasteiger partial charge in [-0.15, -0.1) is 0 Å². The van der Waals surface area contributed by atoms with Gasteiger partial charge in [-0.2, -0.15) is 4.98 Å². The maximum absolute atomic E-state index is 11.0. The highest BCUT2D eigenvalue weighted by Gasteiger charge is 2.22. The monoisotopic (exact) mass is 270 g/mol. The summed E-state index contributed by atoms with van der Waals surface area (Å²) < 4.78 is 5.33. The van der Waals surface area contributed by atoms with E-state index in [0.29, 0.717) is 13.2 Å². The van der Waals surface area contributed by atoms with E-state index in [2.05, 4.69) is 20.7 Å². The molecule has 0 amide bonds. The van der Waals surface area contributed by atoms with Gasteiger partial charge in [-0.3, -0.25) is 15.5 Å². The van der Waals surface area contributed by atoms with E-state index in [1.54, 1.807) is 0 Å². The van der Waals surface area contributed by atoms with E-state index in [1.165, 1.54) is 6.92 Å². The van der Waals surface area contributed by atoms with Crippen molar-refractivity contribution in [3.63, 3.8) is 0 Å². The van der Waals surface area contributed by atoms with Crippen molar-refractivity contribution in [3.05, 3.63) is 15.8 Å². The number of hydrazine groups is 1. The summed E-state index contributed by atoms with van der Waals surface area (Å²) in [6.07, 6.45) is -0.0887. The lowest BCUT2D eigenvalue weighted by atomic mass is 10.3. The van der Waals surface area contributed by atoms with Gasteiger partial charge in [0, 0.05) is 13.2 Å². The Hall–Kier alpha value is -2.00. The average Bonchev–Trinajstić information content (AvgIpc) is 2.35. The maximum Gasteiger partial charge on any atom is 0.332 e. The normalized spacial score (nSPS) is 12.0. The molecule has 0 saturated carbocycles. The number of hydrogen-bond donors (Lipinski definition) is 3. The minimum Gasteiger partial charge on any atom is -0.377 e. The standard InChI is InChI=1S/C10H18N6O3/c1-4-19-6(2)5-12-9-8(16(17)18)7(3)13-10(14-9)15-11/h6H,4-5,11H2,1-3H3,(H2,12,13,14,15). The summed E-state index contributed by atoms with van der Waals surface area (Å²) in [5.41, 5.74) is 2.34. The van der Waals surface area contributed by atoms with Crippen molar-refractivity contribution in [2.24, 2.45) is 5.84 Å². The predicted molar refractivity (Wildman–Crippen MR) is 70.8 cm³/mol. The molecule has 0 aliphatic heterocycles. The van der Waals surface area contributed by atoms with Crippen LogP contribution < -0.4 is 16.6 Å². The van der Waals surface area contributed by atoms with Crippen molar-refractivity contribution in [1.82, 2.24) is 9.97 Å². The maximum atomic E-state index is 11.0. The van der Waals surface area contributed by atoms with Crippen molar-refractivity contribution in [1.29, 1.82) is 0 Å². The molecular weight excluding hydrogens is 252 g/mol. The fourth-order valence-electron chi connectivity index (χ4n) is 1.56. The zero-order valence-corrected chi connectivity index (χ0v) is 11.1. The third-order valence-electron chi connectivity index (χ3n) is 2.38. The average molecular weight is 270 g/mol. The molecule has 0 aromatic carbocycles. The summed E-state index contributed by atoms with van der Waals surface area (Å²) in [5, 5.41) is 13.9. The molecule has 0 saturated heterocycles. The highest BCUT2D eigenvalue weighted by molar-refractivity contribution is 5.60. The molecule has 1 heterocycles. The molecule has 9 nitrogen and oxygen atoms in total. The molecule has 0 spiro atoms. The van der Waals surface area contributed by atoms with Crippen LogP contribution in [-0.4, -0.2) is 34.1 Å². The number of rotatable bonds is 7. The molecule has 0 bridgehead atoms. The molecule has 106 valence electrons. The first kappa shape index (κ1) is 15.1. The van der Waals surface area contributed by atoms with Crippen LogP contribution in [0.5, 0.6) is 0 Å². The zero-order valence-electron chi connectivity index (χ0n) is 11.1. The molecule has 0 aliphatic rings. The van der Waals surface area contributed by atoms with Crippen LogP contribution in [0.25, 0.3) is 0 Å². The number of ether oxygens (including phenoxy) is 1. The van der Waals surface area contributed by atoms with Crippen molar-refractivity contribution in [2.45, 2.75) is 26.9 Å². The van der Waals surface area contributed by atoms with Crippen LogP contribution >= 0.6 is 0 Å². The quantitative estimate of drug-likeness (QED) is 0.377. The molecular formula is C10H18N6O3. The molecule has 19 heavy (non-hydrogen) atoms. The largest absolute Gasteiger partial charge is 0.377 e. The molecule has 1 rings (SSSR count). The third-order valence-corrected chi connectivity index (χ3v) is 2.38. The van der Waals surface area contributed by atoms with Crippen molar-refractivity contribution >= 4 is 17.5 Å². The second-order valence-corrected chi connectivity index (χ2v) is 3.88. The van der Waals surface area contributed by atoms with Crippen molar-refractivity contribution in [2.75, 3.05) is 23.9 Å². The van der Waals surface area contributed by atoms with Gasteiger partial charge in [-0.1, -0.05) is 0 Å². The van der Waals surface area contributed by atoms with Crippen LogP contribution in [0.4, 0.5) is 17.5 Å². The lowest BCUT2D eigenvalue weighted by Crippen LogP contribution is -2.22. The Balaban J connectivity index is 2.96. The smallest absolute Gasteiger partial charge is 0.332 e. The molecule has 4 N–H and O–H groups in total. The number of anilines is 2. The van der Waals surface area contributed by atoms with E-state index >= 15 is 0 Å². The number of nitrogen functional groups attached to an aromatic ring is 1. The van der Waals surface area contributed by atoms with Gasteiger partial charge in [0.1, 0.15) is 5.69 Å². The Morgan fingerprint density at radius 1 is 1.53 bits per heavy atom. The van der Waals surface area contributed by atoms with Gasteiger partial charge < -0.3 is 10.1 Å². The van der Waals surface area contributed by atoms with E-state index in [1.807, 2.05) is 13.8 Å². The number of nitrogens with one attached hydrogen (secondary N) is 2. The van der Waals surface area contributed by atoms with Gasteiger partial charge in [0.25, 0.3) is 0 Å². The molecule has 0 radical (unpaired) electrons. The molecule has 1 aromatic heterocycles. The Labute approximate surface area is 110 Å². The number of hydrogen-bond acceptors (Lipinski definition) is 8. The summed E-state index contributed by atoms with van der Waals surface area (Å²) in [6, 6.07) is 0. The number of nitro groups is 1. The van der Waals surface area contributed by atoms with Crippen LogP contribution in [0, 0.1) is 17.0 Å². The fourth-order valence-corrected chi connectivity index (χ4v) is 1.56. The Morgan fingerprint density at radius 3 is 2.74 bits per heavy atom. The zero-order chi connectivity index (χ0) is 14.4. The van der Waals surface area contributed by atoms with Gasteiger partial charge in [-0.25, -0.2) is 10.8 Å². The van der Waals surface area contributed by atoms with Crippen LogP contribution in [0.2, 0.25) is 0 Å².